The molecule has 0 aromatic rings. The van der Waals surface area contributed by atoms with Crippen LogP contribution < -0.4 is 0 Å². The minimum absolute atomic E-state index is 0.0643. The molecule has 0 aromatic heterocycles. The second-order valence-electron chi connectivity index (χ2n) is 15.7. The molecule has 52 heavy (non-hydrogen) atoms. The molecule has 0 fully saturated rings. The summed E-state index contributed by atoms with van der Waals surface area (Å²) in [6, 6.07) is 0. The van der Waals surface area contributed by atoms with Crippen LogP contribution in [0.4, 0.5) is 0 Å². The summed E-state index contributed by atoms with van der Waals surface area (Å²) in [5.41, 5.74) is 0. The van der Waals surface area contributed by atoms with E-state index in [4.69, 9.17) is 14.2 Å². The summed E-state index contributed by atoms with van der Waals surface area (Å²) in [5.74, 6) is -0.867. The van der Waals surface area contributed by atoms with Gasteiger partial charge >= 0.3 is 17.9 Å². The number of rotatable bonds is 42. The van der Waals surface area contributed by atoms with Gasteiger partial charge in [-0.05, 0) is 19.3 Å². The Hall–Kier alpha value is -1.59. The van der Waals surface area contributed by atoms with Crippen LogP contribution in [0.3, 0.4) is 0 Å². The third-order valence-corrected chi connectivity index (χ3v) is 10.4. The maximum absolute atomic E-state index is 12.5. The minimum atomic E-state index is -0.756. The first-order chi connectivity index (χ1) is 25.5. The molecule has 6 heteroatoms. The van der Waals surface area contributed by atoms with Gasteiger partial charge in [-0.25, -0.2) is 0 Å². The quantitative estimate of drug-likeness (QED) is 0.0353. The third kappa shape index (κ3) is 39.6. The average molecular weight is 737 g/mol. The van der Waals surface area contributed by atoms with Crippen molar-refractivity contribution in [1.82, 2.24) is 0 Å². The largest absolute Gasteiger partial charge is 0.462 e. The smallest absolute Gasteiger partial charge is 0.306 e. The van der Waals surface area contributed by atoms with Crippen LogP contribution in [0.15, 0.2) is 0 Å². The van der Waals surface area contributed by atoms with E-state index in [-0.39, 0.29) is 31.1 Å². The normalized spacial score (nSPS) is 11.8. The maximum atomic E-state index is 12.5. The van der Waals surface area contributed by atoms with Gasteiger partial charge in [0.1, 0.15) is 13.2 Å². The van der Waals surface area contributed by atoms with Gasteiger partial charge in [0.15, 0.2) is 6.10 Å². The van der Waals surface area contributed by atoms with Gasteiger partial charge in [-0.15, -0.1) is 0 Å². The summed E-state index contributed by atoms with van der Waals surface area (Å²) in [6.07, 6.45) is 42.6. The predicted octanol–water partition coefficient (Wildman–Crippen LogP) is 14.5. The molecule has 0 spiro atoms. The summed E-state index contributed by atoms with van der Waals surface area (Å²) in [4.78, 5) is 37.4. The number of hydrogen-bond donors (Lipinski definition) is 0. The van der Waals surface area contributed by atoms with Crippen LogP contribution in [0.2, 0.25) is 0 Å². The summed E-state index contributed by atoms with van der Waals surface area (Å²) >= 11 is 0. The molecule has 0 saturated heterocycles. The number of carbonyl (C=O) groups is 3. The highest BCUT2D eigenvalue weighted by molar-refractivity contribution is 5.71. The second kappa shape index (κ2) is 42.2. The molecule has 0 amide bonds. The zero-order chi connectivity index (χ0) is 38.0. The molecule has 6 nitrogen and oxygen atoms in total. The average Bonchev–Trinajstić information content (AvgIpc) is 3.14. The van der Waals surface area contributed by atoms with Crippen molar-refractivity contribution in [3.8, 4) is 0 Å². The Morgan fingerprint density at radius 1 is 0.308 bits per heavy atom. The van der Waals surface area contributed by atoms with Crippen molar-refractivity contribution in [3.05, 3.63) is 0 Å². The molecule has 0 N–H and O–H groups in total. The van der Waals surface area contributed by atoms with E-state index in [0.717, 1.165) is 64.2 Å². The summed E-state index contributed by atoms with van der Waals surface area (Å²) < 4.78 is 16.6. The monoisotopic (exact) mass is 737 g/mol. The van der Waals surface area contributed by atoms with Gasteiger partial charge in [0.05, 0.1) is 0 Å². The van der Waals surface area contributed by atoms with Gasteiger partial charge in [-0.2, -0.15) is 0 Å². The Balaban J connectivity index is 4.07. The number of carbonyl (C=O) groups excluding carboxylic acids is 3. The summed E-state index contributed by atoms with van der Waals surface area (Å²) in [7, 11) is 0. The molecular formula is C46H88O6. The Morgan fingerprint density at radius 2 is 0.519 bits per heavy atom. The van der Waals surface area contributed by atoms with E-state index in [9.17, 15) is 14.4 Å². The van der Waals surface area contributed by atoms with Crippen LogP contribution >= 0.6 is 0 Å². The summed E-state index contributed by atoms with van der Waals surface area (Å²) in [6.45, 7) is 6.57. The van der Waals surface area contributed by atoms with Gasteiger partial charge in [0.25, 0.3) is 0 Å². The van der Waals surface area contributed by atoms with Crippen molar-refractivity contribution >= 4 is 17.9 Å². The Labute approximate surface area is 323 Å². The van der Waals surface area contributed by atoms with Crippen LogP contribution in [0, 0.1) is 0 Å². The third-order valence-electron chi connectivity index (χ3n) is 10.4. The molecule has 0 bridgehead atoms. The van der Waals surface area contributed by atoms with E-state index >= 15 is 0 Å². The molecule has 0 heterocycles. The first-order valence-corrected chi connectivity index (χ1v) is 23.0. The molecule has 0 rings (SSSR count). The molecule has 0 unspecified atom stereocenters. The van der Waals surface area contributed by atoms with Crippen LogP contribution in [0.1, 0.15) is 258 Å². The highest BCUT2D eigenvalue weighted by Crippen LogP contribution is 2.16. The van der Waals surface area contributed by atoms with E-state index in [1.165, 1.54) is 154 Å². The van der Waals surface area contributed by atoms with Gasteiger partial charge in [0.2, 0.25) is 0 Å². The van der Waals surface area contributed by atoms with E-state index in [1.807, 2.05) is 0 Å². The lowest BCUT2D eigenvalue weighted by atomic mass is 10.0. The number of esters is 3. The fourth-order valence-electron chi connectivity index (χ4n) is 6.85. The molecule has 0 saturated carbocycles. The van der Waals surface area contributed by atoms with E-state index in [2.05, 4.69) is 20.8 Å². The topological polar surface area (TPSA) is 78.9 Å². The van der Waals surface area contributed by atoms with Crippen LogP contribution in [-0.2, 0) is 28.6 Å². The number of ether oxygens (including phenoxy) is 3. The number of unbranched alkanes of at least 4 members (excludes halogenated alkanes) is 31. The van der Waals surface area contributed by atoms with E-state index in [1.54, 1.807) is 0 Å². The first-order valence-electron chi connectivity index (χ1n) is 23.0. The molecule has 0 aromatic carbocycles. The van der Waals surface area contributed by atoms with E-state index in [0.29, 0.717) is 19.3 Å². The predicted molar refractivity (Wildman–Crippen MR) is 220 cm³/mol. The minimum Gasteiger partial charge on any atom is -0.462 e. The highest BCUT2D eigenvalue weighted by atomic mass is 16.6. The van der Waals surface area contributed by atoms with Crippen LogP contribution in [0.5, 0.6) is 0 Å². The van der Waals surface area contributed by atoms with Crippen LogP contribution in [-0.4, -0.2) is 37.2 Å². The van der Waals surface area contributed by atoms with Gasteiger partial charge in [-0.3, -0.25) is 14.4 Å². The molecular weight excluding hydrogens is 649 g/mol. The van der Waals surface area contributed by atoms with Crippen molar-refractivity contribution in [2.24, 2.45) is 0 Å². The molecule has 1 atom stereocenters. The van der Waals surface area contributed by atoms with Crippen LogP contribution in [0.25, 0.3) is 0 Å². The number of hydrogen-bond acceptors (Lipinski definition) is 6. The Morgan fingerprint density at radius 3 is 0.769 bits per heavy atom. The van der Waals surface area contributed by atoms with Crippen molar-refractivity contribution in [2.75, 3.05) is 13.2 Å². The van der Waals surface area contributed by atoms with Gasteiger partial charge < -0.3 is 14.2 Å². The standard InChI is InChI=1S/C46H88O6/c1-4-7-10-13-15-17-19-20-21-22-23-24-25-27-29-31-34-36-39-45(48)51-42-43(52-46(49)40-37-32-12-9-6-3)41-50-44(47)38-35-33-30-28-26-18-16-14-11-8-5-2/h43H,4-42H2,1-3H3/t43-/m0/s1. The maximum Gasteiger partial charge on any atom is 0.306 e. The molecule has 0 aliphatic carbocycles. The lowest BCUT2D eigenvalue weighted by Crippen LogP contribution is -2.30. The highest BCUT2D eigenvalue weighted by Gasteiger charge is 2.19. The van der Waals surface area contributed by atoms with Gasteiger partial charge in [0, 0.05) is 19.3 Å². The SMILES string of the molecule is CCCCCCCCCCCCCCCCCCCCC(=O)OC[C@H](COC(=O)CCCCCCCCCCCCC)OC(=O)CCCCCCC. The van der Waals surface area contributed by atoms with E-state index < -0.39 is 6.10 Å². The van der Waals surface area contributed by atoms with Gasteiger partial charge in [-0.1, -0.05) is 220 Å². The zero-order valence-electron chi connectivity index (χ0n) is 35.1. The van der Waals surface area contributed by atoms with Crippen molar-refractivity contribution in [1.29, 1.82) is 0 Å². The molecule has 0 radical (unpaired) electrons. The fraction of sp³-hybridized carbons (Fsp3) is 0.935. The zero-order valence-corrected chi connectivity index (χ0v) is 35.1. The van der Waals surface area contributed by atoms with Crippen molar-refractivity contribution in [3.63, 3.8) is 0 Å². The lowest BCUT2D eigenvalue weighted by Gasteiger charge is -2.18. The van der Waals surface area contributed by atoms with Crippen molar-refractivity contribution < 1.29 is 28.6 Å². The fourth-order valence-corrected chi connectivity index (χ4v) is 6.85. The molecule has 308 valence electrons. The molecule has 0 aliphatic heterocycles. The van der Waals surface area contributed by atoms with Crippen molar-refractivity contribution in [2.45, 2.75) is 264 Å². The lowest BCUT2D eigenvalue weighted by molar-refractivity contribution is -0.167. The second-order valence-corrected chi connectivity index (χ2v) is 15.7. The Bertz CT molecular complexity index is 768. The summed E-state index contributed by atoms with van der Waals surface area (Å²) in [5, 5.41) is 0. The Kier molecular flexibility index (Phi) is 40.9. The molecule has 0 aliphatic rings. The first kappa shape index (κ1) is 50.4.